The maximum absolute atomic E-state index is 4.20. The Labute approximate surface area is 102 Å². The normalized spacial score (nSPS) is 15.9. The summed E-state index contributed by atoms with van der Waals surface area (Å²) in [5, 5.41) is 3.41. The minimum Gasteiger partial charge on any atom is -0.310 e. The van der Waals surface area contributed by atoms with Crippen molar-refractivity contribution in [1.82, 2.24) is 5.32 Å². The predicted molar refractivity (Wildman–Crippen MR) is 73.0 cm³/mol. The summed E-state index contributed by atoms with van der Waals surface area (Å²) in [5.74, 6) is 1.23. The predicted octanol–water partition coefficient (Wildman–Crippen LogP) is 3.35. The molecule has 0 radical (unpaired) electrons. The standard InChI is InChI=1S/C14H19NS/c1-4-15-11(3)10(2)13-6-5-12-7-8-16-14(12)9-13/h5-6,9,11,15H,2,4,7-8H2,1,3H3. The van der Waals surface area contributed by atoms with Crippen LogP contribution in [-0.4, -0.2) is 18.3 Å². The van der Waals surface area contributed by atoms with E-state index < -0.39 is 0 Å². The summed E-state index contributed by atoms with van der Waals surface area (Å²) < 4.78 is 0. The average Bonchev–Trinajstić information content (AvgIpc) is 2.75. The molecular formula is C14H19NS. The highest BCUT2D eigenvalue weighted by Gasteiger charge is 2.14. The Morgan fingerprint density at radius 3 is 3.12 bits per heavy atom. The number of benzene rings is 1. The topological polar surface area (TPSA) is 12.0 Å². The van der Waals surface area contributed by atoms with E-state index in [1.54, 1.807) is 0 Å². The van der Waals surface area contributed by atoms with Crippen LogP contribution < -0.4 is 5.32 Å². The van der Waals surface area contributed by atoms with Crippen molar-refractivity contribution in [2.24, 2.45) is 0 Å². The summed E-state index contributed by atoms with van der Waals surface area (Å²) in [4.78, 5) is 1.45. The summed E-state index contributed by atoms with van der Waals surface area (Å²) in [6.45, 7) is 9.48. The summed E-state index contributed by atoms with van der Waals surface area (Å²) in [6, 6.07) is 7.12. The van der Waals surface area contributed by atoms with E-state index in [0.29, 0.717) is 6.04 Å². The van der Waals surface area contributed by atoms with Gasteiger partial charge < -0.3 is 5.32 Å². The Balaban J connectivity index is 2.18. The SMILES string of the molecule is C=C(c1ccc2c(c1)SCC2)C(C)NCC. The highest BCUT2D eigenvalue weighted by Crippen LogP contribution is 2.33. The van der Waals surface area contributed by atoms with Crippen LogP contribution in [0.5, 0.6) is 0 Å². The lowest BCUT2D eigenvalue weighted by Crippen LogP contribution is -2.26. The third-order valence-electron chi connectivity index (χ3n) is 3.10. The number of aryl methyl sites for hydroxylation is 1. The number of fused-ring (bicyclic) bond motifs is 1. The van der Waals surface area contributed by atoms with Gasteiger partial charge in [-0.2, -0.15) is 0 Å². The third-order valence-corrected chi connectivity index (χ3v) is 4.20. The van der Waals surface area contributed by atoms with Crippen LogP contribution in [0.2, 0.25) is 0 Å². The average molecular weight is 233 g/mol. The molecule has 86 valence electrons. The largest absolute Gasteiger partial charge is 0.310 e. The van der Waals surface area contributed by atoms with Crippen molar-refractivity contribution in [3.8, 4) is 0 Å². The molecule has 1 aromatic carbocycles. The quantitative estimate of drug-likeness (QED) is 0.856. The van der Waals surface area contributed by atoms with Crippen LogP contribution in [0.25, 0.3) is 5.57 Å². The van der Waals surface area contributed by atoms with Crippen molar-refractivity contribution in [3.63, 3.8) is 0 Å². The Hall–Kier alpha value is -0.730. The molecule has 0 aromatic heterocycles. The van der Waals surface area contributed by atoms with Gasteiger partial charge in [-0.15, -0.1) is 11.8 Å². The first-order valence-electron chi connectivity index (χ1n) is 5.90. The molecule has 0 bridgehead atoms. The van der Waals surface area contributed by atoms with Crippen LogP contribution in [-0.2, 0) is 6.42 Å². The fourth-order valence-corrected chi connectivity index (χ4v) is 3.15. The van der Waals surface area contributed by atoms with Crippen LogP contribution in [0, 0.1) is 0 Å². The fourth-order valence-electron chi connectivity index (χ4n) is 2.05. The summed E-state index contributed by atoms with van der Waals surface area (Å²) in [6.07, 6.45) is 1.22. The van der Waals surface area contributed by atoms with Crippen LogP contribution in [0.3, 0.4) is 0 Å². The lowest BCUT2D eigenvalue weighted by molar-refractivity contribution is 0.674. The highest BCUT2D eigenvalue weighted by molar-refractivity contribution is 7.99. The second kappa shape index (κ2) is 5.07. The minimum atomic E-state index is 0.356. The number of nitrogens with one attached hydrogen (secondary N) is 1. The zero-order chi connectivity index (χ0) is 11.5. The van der Waals surface area contributed by atoms with Crippen LogP contribution in [0.4, 0.5) is 0 Å². The van der Waals surface area contributed by atoms with E-state index in [4.69, 9.17) is 0 Å². The first-order chi connectivity index (χ1) is 7.72. The van der Waals surface area contributed by atoms with Crippen molar-refractivity contribution >= 4 is 17.3 Å². The number of hydrogen-bond acceptors (Lipinski definition) is 2. The Kier molecular flexibility index (Phi) is 3.72. The van der Waals surface area contributed by atoms with Crippen molar-refractivity contribution in [2.45, 2.75) is 31.2 Å². The van der Waals surface area contributed by atoms with E-state index in [-0.39, 0.29) is 0 Å². The van der Waals surface area contributed by atoms with Crippen molar-refractivity contribution in [3.05, 3.63) is 35.9 Å². The van der Waals surface area contributed by atoms with Crippen LogP contribution >= 0.6 is 11.8 Å². The summed E-state index contributed by atoms with van der Waals surface area (Å²) >= 11 is 1.96. The van der Waals surface area contributed by atoms with Crippen LogP contribution in [0.1, 0.15) is 25.0 Å². The van der Waals surface area contributed by atoms with E-state index in [9.17, 15) is 0 Å². The molecule has 16 heavy (non-hydrogen) atoms. The molecule has 1 heterocycles. The number of rotatable bonds is 4. The monoisotopic (exact) mass is 233 g/mol. The number of hydrogen-bond donors (Lipinski definition) is 1. The van der Waals surface area contributed by atoms with Gasteiger partial charge in [0, 0.05) is 16.7 Å². The lowest BCUT2D eigenvalue weighted by Gasteiger charge is -2.16. The second-order valence-electron chi connectivity index (χ2n) is 4.23. The van der Waals surface area contributed by atoms with Gasteiger partial charge in [-0.1, -0.05) is 25.6 Å². The molecule has 0 spiro atoms. The molecule has 1 aliphatic rings. The van der Waals surface area contributed by atoms with E-state index in [2.05, 4.69) is 43.9 Å². The smallest absolute Gasteiger partial charge is 0.0291 e. The minimum absolute atomic E-state index is 0.356. The second-order valence-corrected chi connectivity index (χ2v) is 5.36. The molecule has 1 N–H and O–H groups in total. The van der Waals surface area contributed by atoms with E-state index in [1.807, 2.05) is 11.8 Å². The lowest BCUT2D eigenvalue weighted by atomic mass is 9.99. The zero-order valence-corrected chi connectivity index (χ0v) is 10.9. The molecule has 0 aliphatic carbocycles. The van der Waals surface area contributed by atoms with Crippen molar-refractivity contribution in [2.75, 3.05) is 12.3 Å². The maximum atomic E-state index is 4.20. The molecule has 0 saturated heterocycles. The molecule has 1 nitrogen and oxygen atoms in total. The van der Waals surface area contributed by atoms with Gasteiger partial charge in [0.15, 0.2) is 0 Å². The van der Waals surface area contributed by atoms with E-state index in [1.165, 1.54) is 33.8 Å². The van der Waals surface area contributed by atoms with Gasteiger partial charge in [-0.3, -0.25) is 0 Å². The Morgan fingerprint density at radius 2 is 2.38 bits per heavy atom. The molecule has 0 fully saturated rings. The highest BCUT2D eigenvalue weighted by atomic mass is 32.2. The molecule has 2 heteroatoms. The first-order valence-corrected chi connectivity index (χ1v) is 6.89. The summed E-state index contributed by atoms with van der Waals surface area (Å²) in [5.41, 5.74) is 3.97. The van der Waals surface area contributed by atoms with Gasteiger partial charge in [-0.05, 0) is 42.7 Å². The van der Waals surface area contributed by atoms with E-state index in [0.717, 1.165) is 6.54 Å². The third kappa shape index (κ3) is 2.33. The maximum Gasteiger partial charge on any atom is 0.0291 e. The molecule has 0 amide bonds. The molecule has 1 aromatic rings. The van der Waals surface area contributed by atoms with Gasteiger partial charge in [0.1, 0.15) is 0 Å². The van der Waals surface area contributed by atoms with Crippen molar-refractivity contribution in [1.29, 1.82) is 0 Å². The Morgan fingerprint density at radius 1 is 1.56 bits per heavy atom. The van der Waals surface area contributed by atoms with Gasteiger partial charge in [-0.25, -0.2) is 0 Å². The first kappa shape index (κ1) is 11.7. The fraction of sp³-hybridized carbons (Fsp3) is 0.429. The molecule has 1 atom stereocenters. The molecule has 1 aliphatic heterocycles. The van der Waals surface area contributed by atoms with Gasteiger partial charge >= 0.3 is 0 Å². The Bertz CT molecular complexity index is 398. The summed E-state index contributed by atoms with van der Waals surface area (Å²) in [7, 11) is 0. The molecular weight excluding hydrogens is 214 g/mol. The van der Waals surface area contributed by atoms with Gasteiger partial charge in [0.05, 0.1) is 0 Å². The molecule has 0 saturated carbocycles. The van der Waals surface area contributed by atoms with Crippen LogP contribution in [0.15, 0.2) is 29.7 Å². The molecule has 1 unspecified atom stereocenters. The number of likely N-dealkylation sites (N-methyl/N-ethyl adjacent to an activating group) is 1. The van der Waals surface area contributed by atoms with Gasteiger partial charge in [0.25, 0.3) is 0 Å². The van der Waals surface area contributed by atoms with E-state index >= 15 is 0 Å². The van der Waals surface area contributed by atoms with Crippen molar-refractivity contribution < 1.29 is 0 Å². The molecule has 2 rings (SSSR count). The van der Waals surface area contributed by atoms with Gasteiger partial charge in [0.2, 0.25) is 0 Å². The number of thioether (sulfide) groups is 1. The zero-order valence-electron chi connectivity index (χ0n) is 10.0.